The van der Waals surface area contributed by atoms with Gasteiger partial charge in [-0.2, -0.15) is 23.1 Å². The first kappa shape index (κ1) is 35.4. The van der Waals surface area contributed by atoms with Crippen molar-refractivity contribution in [3.63, 3.8) is 0 Å². The first-order valence-corrected chi connectivity index (χ1v) is 18.8. The SMILES string of the molecule is CC(C)(C)c1ccc2c(c1)c1cc(C(C)(C)C)ccc1n2-c1ccc(-c2nc(-c3ccccc3)nc(-n3c4ccccc4c4ccccc43)n2)cc1C(F)(F)F. The highest BCUT2D eigenvalue weighted by atomic mass is 19.4. The zero-order valence-corrected chi connectivity index (χ0v) is 32.1. The number of hydrogen-bond acceptors (Lipinski definition) is 3. The maximum atomic E-state index is 15.5. The summed E-state index contributed by atoms with van der Waals surface area (Å²) in [6.45, 7) is 12.9. The minimum Gasteiger partial charge on any atom is -0.309 e. The topological polar surface area (TPSA) is 48.5 Å². The third kappa shape index (κ3) is 5.91. The second kappa shape index (κ2) is 12.6. The van der Waals surface area contributed by atoms with Gasteiger partial charge in [-0.1, -0.05) is 120 Å². The molecular formula is C48H40F3N5. The summed E-state index contributed by atoms with van der Waals surface area (Å²) in [5, 5.41) is 3.86. The molecule has 0 N–H and O–H groups in total. The van der Waals surface area contributed by atoms with Crippen molar-refractivity contribution in [2.75, 3.05) is 0 Å². The number of nitrogens with zero attached hydrogens (tertiary/aromatic N) is 5. The third-order valence-electron chi connectivity index (χ3n) is 10.7. The molecule has 0 aliphatic heterocycles. The quantitative estimate of drug-likeness (QED) is 0.180. The lowest BCUT2D eigenvalue weighted by Crippen LogP contribution is -2.13. The van der Waals surface area contributed by atoms with Crippen molar-refractivity contribution in [2.24, 2.45) is 0 Å². The lowest BCUT2D eigenvalue weighted by atomic mass is 9.85. The Bertz CT molecular complexity index is 2850. The number of rotatable bonds is 4. The third-order valence-corrected chi connectivity index (χ3v) is 10.7. The fourth-order valence-corrected chi connectivity index (χ4v) is 7.76. The van der Waals surface area contributed by atoms with E-state index in [1.807, 2.05) is 108 Å². The highest BCUT2D eigenvalue weighted by Crippen LogP contribution is 2.42. The van der Waals surface area contributed by atoms with E-state index in [-0.39, 0.29) is 27.9 Å². The lowest BCUT2D eigenvalue weighted by Gasteiger charge is -2.20. The van der Waals surface area contributed by atoms with Crippen molar-refractivity contribution in [2.45, 2.75) is 58.5 Å². The predicted molar refractivity (Wildman–Crippen MR) is 222 cm³/mol. The molecule has 8 heteroatoms. The van der Waals surface area contributed by atoms with E-state index in [4.69, 9.17) is 15.0 Å². The smallest absolute Gasteiger partial charge is 0.309 e. The van der Waals surface area contributed by atoms with Crippen molar-refractivity contribution in [1.82, 2.24) is 24.1 Å². The lowest BCUT2D eigenvalue weighted by molar-refractivity contribution is -0.137. The summed E-state index contributed by atoms with van der Waals surface area (Å²) >= 11 is 0. The molecule has 3 heterocycles. The van der Waals surface area contributed by atoms with Crippen LogP contribution in [0.5, 0.6) is 0 Å². The molecule has 0 aliphatic rings. The molecule has 0 bridgehead atoms. The number of hydrogen-bond donors (Lipinski definition) is 0. The van der Waals surface area contributed by atoms with Gasteiger partial charge in [0, 0.05) is 32.7 Å². The molecular weight excluding hydrogens is 704 g/mol. The largest absolute Gasteiger partial charge is 0.418 e. The maximum absolute atomic E-state index is 15.5. The van der Waals surface area contributed by atoms with Crippen LogP contribution in [0.25, 0.3) is 78.0 Å². The van der Waals surface area contributed by atoms with Crippen LogP contribution in [-0.4, -0.2) is 24.1 Å². The molecule has 0 spiro atoms. The van der Waals surface area contributed by atoms with Crippen molar-refractivity contribution in [3.05, 3.63) is 150 Å². The van der Waals surface area contributed by atoms with Gasteiger partial charge in [-0.05, 0) is 76.6 Å². The van der Waals surface area contributed by atoms with Crippen LogP contribution in [0.4, 0.5) is 13.2 Å². The van der Waals surface area contributed by atoms with E-state index in [0.717, 1.165) is 49.3 Å². The van der Waals surface area contributed by atoms with Crippen molar-refractivity contribution < 1.29 is 13.2 Å². The minimum atomic E-state index is -4.70. The van der Waals surface area contributed by atoms with Crippen molar-refractivity contribution in [1.29, 1.82) is 0 Å². The van der Waals surface area contributed by atoms with Gasteiger partial charge in [0.25, 0.3) is 0 Å². The molecule has 0 saturated heterocycles. The summed E-state index contributed by atoms with van der Waals surface area (Å²) in [6.07, 6.45) is -4.70. The number of benzene rings is 6. The Hall–Kier alpha value is -6.28. The standard InChI is InChI=1S/C48H40F3N5/c1-46(2,3)31-21-24-40-35(27-31)36-28-32(47(4,5)6)22-25-41(36)55(40)42-23-20-30(26-37(42)48(49,50)51)44-52-43(29-14-8-7-9-15-29)53-45(54-44)56-38-18-12-10-16-33(38)34-17-11-13-19-39(34)56/h7-28H,1-6H3. The van der Waals surface area contributed by atoms with E-state index in [0.29, 0.717) is 22.8 Å². The summed E-state index contributed by atoms with van der Waals surface area (Å²) in [4.78, 5) is 14.7. The van der Waals surface area contributed by atoms with Gasteiger partial charge in [0.15, 0.2) is 11.6 Å². The van der Waals surface area contributed by atoms with Gasteiger partial charge < -0.3 is 4.57 Å². The average Bonchev–Trinajstić information content (AvgIpc) is 3.69. The van der Waals surface area contributed by atoms with Crippen LogP contribution < -0.4 is 0 Å². The fourth-order valence-electron chi connectivity index (χ4n) is 7.76. The summed E-state index contributed by atoms with van der Waals surface area (Å²) < 4.78 is 50.2. The summed E-state index contributed by atoms with van der Waals surface area (Å²) in [5.74, 6) is 0.812. The second-order valence-electron chi connectivity index (χ2n) is 16.5. The summed E-state index contributed by atoms with van der Waals surface area (Å²) in [6, 6.07) is 42.1. The Kier molecular flexibility index (Phi) is 7.99. The molecule has 9 aromatic rings. The van der Waals surface area contributed by atoms with E-state index < -0.39 is 11.7 Å². The van der Waals surface area contributed by atoms with Crippen LogP contribution in [0.1, 0.15) is 58.2 Å². The molecule has 0 unspecified atom stereocenters. The monoisotopic (exact) mass is 743 g/mol. The summed E-state index contributed by atoms with van der Waals surface area (Å²) in [5.41, 5.74) is 5.30. The number of aromatic nitrogens is 5. The van der Waals surface area contributed by atoms with Gasteiger partial charge in [-0.3, -0.25) is 4.57 Å². The minimum absolute atomic E-state index is 0.0354. The van der Waals surface area contributed by atoms with Crippen molar-refractivity contribution in [3.8, 4) is 34.4 Å². The molecule has 0 amide bonds. The molecule has 0 aliphatic carbocycles. The molecule has 5 nitrogen and oxygen atoms in total. The first-order chi connectivity index (χ1) is 26.7. The zero-order valence-electron chi connectivity index (χ0n) is 32.1. The molecule has 3 aromatic heterocycles. The van der Waals surface area contributed by atoms with Gasteiger partial charge in [0.2, 0.25) is 5.95 Å². The highest BCUT2D eigenvalue weighted by Gasteiger charge is 2.36. The molecule has 0 saturated carbocycles. The predicted octanol–water partition coefficient (Wildman–Crippen LogP) is 13.0. The zero-order chi connectivity index (χ0) is 39.1. The van der Waals surface area contributed by atoms with Crippen LogP contribution in [0.2, 0.25) is 0 Å². The molecule has 9 rings (SSSR count). The first-order valence-electron chi connectivity index (χ1n) is 18.8. The second-order valence-corrected chi connectivity index (χ2v) is 16.5. The Balaban J connectivity index is 1.30. The summed E-state index contributed by atoms with van der Waals surface area (Å²) in [7, 11) is 0. The fraction of sp³-hybridized carbons (Fsp3) is 0.188. The number of para-hydroxylation sites is 2. The normalized spacial score (nSPS) is 12.7. The molecule has 6 aromatic carbocycles. The van der Waals surface area contributed by atoms with Crippen LogP contribution in [0.15, 0.2) is 133 Å². The Morgan fingerprint density at radius 2 is 0.911 bits per heavy atom. The number of fused-ring (bicyclic) bond motifs is 6. The Labute approximate surface area is 323 Å². The van der Waals surface area contributed by atoms with Crippen LogP contribution in [0.3, 0.4) is 0 Å². The van der Waals surface area contributed by atoms with E-state index >= 15 is 13.2 Å². The molecule has 56 heavy (non-hydrogen) atoms. The Morgan fingerprint density at radius 3 is 1.43 bits per heavy atom. The molecule has 0 fully saturated rings. The van der Waals surface area contributed by atoms with Gasteiger partial charge in [-0.25, -0.2) is 4.98 Å². The van der Waals surface area contributed by atoms with E-state index in [1.54, 1.807) is 16.7 Å². The van der Waals surface area contributed by atoms with Crippen molar-refractivity contribution >= 4 is 43.6 Å². The number of halogens is 3. The molecule has 278 valence electrons. The Morgan fingerprint density at radius 1 is 0.429 bits per heavy atom. The maximum Gasteiger partial charge on any atom is 0.418 e. The van der Waals surface area contributed by atoms with Crippen LogP contribution in [0, 0.1) is 0 Å². The molecule has 0 atom stereocenters. The van der Waals surface area contributed by atoms with Gasteiger partial charge >= 0.3 is 6.18 Å². The van der Waals surface area contributed by atoms with Gasteiger partial charge in [0.1, 0.15) is 0 Å². The number of alkyl halides is 3. The van der Waals surface area contributed by atoms with Gasteiger partial charge in [-0.15, -0.1) is 0 Å². The van der Waals surface area contributed by atoms with Gasteiger partial charge in [0.05, 0.1) is 33.3 Å². The van der Waals surface area contributed by atoms with E-state index in [1.165, 1.54) is 6.07 Å². The highest BCUT2D eigenvalue weighted by molar-refractivity contribution is 6.10. The molecule has 0 radical (unpaired) electrons. The van der Waals surface area contributed by atoms with E-state index in [2.05, 4.69) is 53.7 Å². The van der Waals surface area contributed by atoms with Crippen LogP contribution in [-0.2, 0) is 17.0 Å². The van der Waals surface area contributed by atoms with E-state index in [9.17, 15) is 0 Å². The average molecular weight is 744 g/mol. The van der Waals surface area contributed by atoms with Crippen LogP contribution >= 0.6 is 0 Å².